The molecule has 4 aliphatic rings. The van der Waals surface area contributed by atoms with E-state index >= 15 is 0 Å². The van der Waals surface area contributed by atoms with Crippen molar-refractivity contribution < 1.29 is 4.74 Å². The van der Waals surface area contributed by atoms with Gasteiger partial charge in [-0.05, 0) is 124 Å². The Morgan fingerprint density at radius 2 is 0.763 bits per heavy atom. The standard InChI is InChI=1S/C58H34O/c1-2-16-39-35(13-1)28-32-54-56(39)58(48-24-9-4-17-40(48)41-18-5-10-25-49(41)58)52-34-38(29-31-53(52)59-54)37-27-30-44-42-19-3-7-22-46(42)57(51(44)33-37)47-23-8-6-20-43(47)45-21-11-14-36-15-12-26-50(57)55(36)45/h1-34H. The van der Waals surface area contributed by atoms with Gasteiger partial charge in [-0.25, -0.2) is 0 Å². The molecule has 1 heteroatoms. The molecular formula is C58H34O. The van der Waals surface area contributed by atoms with E-state index in [1.54, 1.807) is 0 Å². The predicted octanol–water partition coefficient (Wildman–Crippen LogP) is 14.5. The highest BCUT2D eigenvalue weighted by molar-refractivity contribution is 6.07. The van der Waals surface area contributed by atoms with Gasteiger partial charge in [0.2, 0.25) is 0 Å². The van der Waals surface area contributed by atoms with Crippen LogP contribution in [-0.4, -0.2) is 0 Å². The average Bonchev–Trinajstić information content (AvgIpc) is 3.76. The molecule has 1 aliphatic heterocycles. The van der Waals surface area contributed by atoms with Crippen LogP contribution in [0.5, 0.6) is 11.5 Å². The zero-order chi connectivity index (χ0) is 38.5. The van der Waals surface area contributed by atoms with Crippen molar-refractivity contribution in [1.29, 1.82) is 0 Å². The summed E-state index contributed by atoms with van der Waals surface area (Å²) in [6.07, 6.45) is 0. The summed E-state index contributed by atoms with van der Waals surface area (Å²) in [6.45, 7) is 0. The number of fused-ring (bicyclic) bond motifs is 20. The molecule has 0 saturated carbocycles. The van der Waals surface area contributed by atoms with E-state index in [0.717, 1.165) is 11.5 Å². The Labute approximate surface area is 342 Å². The van der Waals surface area contributed by atoms with Crippen molar-refractivity contribution in [2.75, 3.05) is 0 Å². The summed E-state index contributed by atoms with van der Waals surface area (Å²) in [6, 6.07) is 77.3. The van der Waals surface area contributed by atoms with Crippen molar-refractivity contribution in [3.8, 4) is 56.0 Å². The number of rotatable bonds is 1. The number of benzene rings is 10. The maximum Gasteiger partial charge on any atom is 0.132 e. The first-order valence-corrected chi connectivity index (χ1v) is 20.7. The Bertz CT molecular complexity index is 3450. The van der Waals surface area contributed by atoms with E-state index in [-0.39, 0.29) is 0 Å². The van der Waals surface area contributed by atoms with E-state index in [4.69, 9.17) is 4.74 Å². The average molecular weight is 747 g/mol. The van der Waals surface area contributed by atoms with Gasteiger partial charge in [0.1, 0.15) is 11.5 Å². The molecule has 0 radical (unpaired) electrons. The predicted molar refractivity (Wildman–Crippen MR) is 241 cm³/mol. The summed E-state index contributed by atoms with van der Waals surface area (Å²) < 4.78 is 7.00. The lowest BCUT2D eigenvalue weighted by molar-refractivity contribution is 0.438. The second kappa shape index (κ2) is 11.1. The minimum absolute atomic E-state index is 0.480. The molecule has 10 aromatic carbocycles. The number of hydrogen-bond acceptors (Lipinski definition) is 1. The van der Waals surface area contributed by atoms with Crippen molar-refractivity contribution in [2.45, 2.75) is 10.8 Å². The van der Waals surface area contributed by atoms with E-state index in [0.29, 0.717) is 0 Å². The van der Waals surface area contributed by atoms with Crippen LogP contribution in [0.25, 0.3) is 66.1 Å². The lowest BCUT2D eigenvalue weighted by Gasteiger charge is -2.40. The van der Waals surface area contributed by atoms with Crippen molar-refractivity contribution in [2.24, 2.45) is 0 Å². The highest BCUT2D eigenvalue weighted by Crippen LogP contribution is 2.65. The first-order valence-electron chi connectivity index (χ1n) is 20.7. The van der Waals surface area contributed by atoms with Gasteiger partial charge in [-0.3, -0.25) is 0 Å². The molecule has 0 saturated heterocycles. The Hall–Kier alpha value is -7.48. The van der Waals surface area contributed by atoms with E-state index < -0.39 is 10.8 Å². The quantitative estimate of drug-likeness (QED) is 0.163. The van der Waals surface area contributed by atoms with E-state index in [1.165, 1.54) is 111 Å². The lowest BCUT2D eigenvalue weighted by atomic mass is 9.61. The second-order valence-corrected chi connectivity index (χ2v) is 16.6. The molecular weight excluding hydrogens is 713 g/mol. The van der Waals surface area contributed by atoms with E-state index in [1.807, 2.05) is 0 Å². The van der Waals surface area contributed by atoms with Crippen LogP contribution in [0, 0.1) is 0 Å². The van der Waals surface area contributed by atoms with Crippen LogP contribution < -0.4 is 4.74 Å². The Kier molecular flexibility index (Phi) is 5.96. The van der Waals surface area contributed by atoms with Crippen LogP contribution in [0.4, 0.5) is 0 Å². The monoisotopic (exact) mass is 746 g/mol. The maximum absolute atomic E-state index is 7.00. The van der Waals surface area contributed by atoms with Gasteiger partial charge in [-0.15, -0.1) is 0 Å². The summed E-state index contributed by atoms with van der Waals surface area (Å²) in [5, 5.41) is 5.05. The van der Waals surface area contributed by atoms with Gasteiger partial charge in [0, 0.05) is 11.1 Å². The fourth-order valence-corrected chi connectivity index (χ4v) is 12.0. The summed E-state index contributed by atoms with van der Waals surface area (Å²) in [5.41, 5.74) is 19.5. The first kappa shape index (κ1) is 31.6. The van der Waals surface area contributed by atoms with Gasteiger partial charge in [0.25, 0.3) is 0 Å². The topological polar surface area (TPSA) is 9.23 Å². The summed E-state index contributed by atoms with van der Waals surface area (Å²) in [5.74, 6) is 1.82. The van der Waals surface area contributed by atoms with Crippen molar-refractivity contribution in [3.05, 3.63) is 251 Å². The van der Waals surface area contributed by atoms with Crippen LogP contribution in [0.1, 0.15) is 44.5 Å². The Morgan fingerprint density at radius 3 is 1.46 bits per heavy atom. The van der Waals surface area contributed by atoms with E-state index in [2.05, 4.69) is 206 Å². The van der Waals surface area contributed by atoms with Gasteiger partial charge in [-0.2, -0.15) is 0 Å². The number of hydrogen-bond donors (Lipinski definition) is 0. The van der Waals surface area contributed by atoms with Crippen molar-refractivity contribution in [3.63, 3.8) is 0 Å². The third-order valence-corrected chi connectivity index (χ3v) is 14.1. The van der Waals surface area contributed by atoms with Gasteiger partial charge in [-0.1, -0.05) is 182 Å². The summed E-state index contributed by atoms with van der Waals surface area (Å²) >= 11 is 0. The van der Waals surface area contributed by atoms with Crippen LogP contribution in [0.2, 0.25) is 0 Å². The first-order chi connectivity index (χ1) is 29.3. The van der Waals surface area contributed by atoms with E-state index in [9.17, 15) is 0 Å². The molecule has 1 nitrogen and oxygen atoms in total. The normalized spacial score (nSPS) is 16.5. The lowest BCUT2D eigenvalue weighted by Crippen LogP contribution is -2.32. The molecule has 272 valence electrons. The van der Waals surface area contributed by atoms with Crippen molar-refractivity contribution >= 4 is 21.5 Å². The fourth-order valence-electron chi connectivity index (χ4n) is 12.0. The molecule has 14 rings (SSSR count). The second-order valence-electron chi connectivity index (χ2n) is 16.6. The van der Waals surface area contributed by atoms with Gasteiger partial charge in [0.15, 0.2) is 0 Å². The molecule has 0 amide bonds. The highest BCUT2D eigenvalue weighted by Gasteiger charge is 2.53. The minimum atomic E-state index is -0.581. The number of ether oxygens (including phenoxy) is 1. The fraction of sp³-hybridized carbons (Fsp3) is 0.0345. The SMILES string of the molecule is c1ccc2c(c1)-c1ccccc1C21c2cc(-c3ccc4c(c3)C3(c5ccccc5-4)c4ccccc4-c4cccc5cccc3c45)ccc2Oc2ccc3ccccc3c21. The van der Waals surface area contributed by atoms with Crippen LogP contribution in [0.15, 0.2) is 206 Å². The van der Waals surface area contributed by atoms with Gasteiger partial charge in [0.05, 0.1) is 10.8 Å². The van der Waals surface area contributed by atoms with Gasteiger partial charge < -0.3 is 4.74 Å². The summed E-state index contributed by atoms with van der Waals surface area (Å²) in [7, 11) is 0. The molecule has 2 spiro atoms. The maximum atomic E-state index is 7.00. The molecule has 1 heterocycles. The Morgan fingerprint density at radius 1 is 0.288 bits per heavy atom. The third-order valence-electron chi connectivity index (χ3n) is 14.1. The molecule has 0 bridgehead atoms. The largest absolute Gasteiger partial charge is 0.457 e. The van der Waals surface area contributed by atoms with Crippen LogP contribution in [-0.2, 0) is 10.8 Å². The molecule has 3 aliphatic carbocycles. The van der Waals surface area contributed by atoms with Crippen molar-refractivity contribution in [1.82, 2.24) is 0 Å². The zero-order valence-electron chi connectivity index (χ0n) is 32.0. The zero-order valence-corrected chi connectivity index (χ0v) is 32.0. The third kappa shape index (κ3) is 3.73. The van der Waals surface area contributed by atoms with Crippen LogP contribution >= 0.6 is 0 Å². The smallest absolute Gasteiger partial charge is 0.132 e. The van der Waals surface area contributed by atoms with Crippen LogP contribution in [0.3, 0.4) is 0 Å². The Balaban J connectivity index is 1.07. The molecule has 0 fully saturated rings. The molecule has 0 aromatic heterocycles. The molecule has 1 atom stereocenters. The molecule has 59 heavy (non-hydrogen) atoms. The highest BCUT2D eigenvalue weighted by atomic mass is 16.5. The molecule has 0 N–H and O–H groups in total. The molecule has 1 unspecified atom stereocenters. The molecule has 10 aromatic rings. The minimum Gasteiger partial charge on any atom is -0.457 e. The summed E-state index contributed by atoms with van der Waals surface area (Å²) in [4.78, 5) is 0. The van der Waals surface area contributed by atoms with Gasteiger partial charge >= 0.3 is 0 Å².